The Labute approximate surface area is 95.9 Å². The number of oxazole rings is 1. The third-order valence-electron chi connectivity index (χ3n) is 4.37. The van der Waals surface area contributed by atoms with Gasteiger partial charge in [0.05, 0.1) is 5.69 Å². The molecule has 2 nitrogen and oxygen atoms in total. The Bertz CT molecular complexity index is 385. The van der Waals surface area contributed by atoms with E-state index in [4.69, 9.17) is 9.40 Å². The lowest BCUT2D eigenvalue weighted by Gasteiger charge is -2.05. The van der Waals surface area contributed by atoms with E-state index in [0.717, 1.165) is 11.8 Å². The molecule has 0 bridgehead atoms. The van der Waals surface area contributed by atoms with Crippen molar-refractivity contribution in [2.24, 2.45) is 5.92 Å². The molecule has 0 aromatic carbocycles. The van der Waals surface area contributed by atoms with Crippen LogP contribution < -0.4 is 0 Å². The first-order chi connectivity index (χ1) is 6.88. The number of hydrogen-bond donors (Lipinski definition) is 0. The van der Waals surface area contributed by atoms with Crippen molar-refractivity contribution in [2.45, 2.75) is 49.9 Å². The van der Waals surface area contributed by atoms with Gasteiger partial charge in [0, 0.05) is 11.3 Å². The fourth-order valence-electron chi connectivity index (χ4n) is 3.21. The quantitative estimate of drug-likeness (QED) is 0.771. The van der Waals surface area contributed by atoms with Gasteiger partial charge in [0.1, 0.15) is 6.26 Å². The average Bonchev–Trinajstić information content (AvgIpc) is 3.09. The minimum absolute atomic E-state index is 0. The highest BCUT2D eigenvalue weighted by Gasteiger charge is 2.59. The Morgan fingerprint density at radius 3 is 2.80 bits per heavy atom. The third kappa shape index (κ3) is 1.27. The number of fused-ring (bicyclic) bond motifs is 1. The molecule has 1 aromatic heterocycles. The highest BCUT2D eigenvalue weighted by atomic mass is 35.5. The van der Waals surface area contributed by atoms with Crippen molar-refractivity contribution in [3.05, 3.63) is 17.8 Å². The molecule has 1 aromatic rings. The van der Waals surface area contributed by atoms with E-state index in [0.29, 0.717) is 11.3 Å². The molecular formula is C12H16ClNO. The molecule has 0 saturated heterocycles. The molecule has 0 spiro atoms. The molecule has 2 unspecified atom stereocenters. The number of rotatable bonds is 2. The normalized spacial score (nSPS) is 37.2. The molecule has 1 heterocycles. The largest absolute Gasteiger partial charge is 0.448 e. The summed E-state index contributed by atoms with van der Waals surface area (Å²) in [4.78, 5) is 4.70. The molecule has 2 atom stereocenters. The first-order valence-corrected chi connectivity index (χ1v) is 5.84. The van der Waals surface area contributed by atoms with Gasteiger partial charge in [0.15, 0.2) is 5.89 Å². The van der Waals surface area contributed by atoms with Gasteiger partial charge in [-0.1, -0.05) is 6.42 Å². The summed E-state index contributed by atoms with van der Waals surface area (Å²) >= 11 is 0. The Kier molecular flexibility index (Phi) is 1.94. The molecule has 4 rings (SSSR count). The Morgan fingerprint density at radius 2 is 2.20 bits per heavy atom. The summed E-state index contributed by atoms with van der Waals surface area (Å²) in [6.07, 6.45) is 10.1. The van der Waals surface area contributed by atoms with Gasteiger partial charge < -0.3 is 4.42 Å². The standard InChI is InChI=1S/C12H15NO.ClH/c1-2-9-6-12(9,5-1)10-7-14-11(13-10)8-3-4-8;/h7-9H,1-6H2;1H. The SMILES string of the molecule is Cl.c1oc(C2CC2)nc1C12CCCC1C2. The van der Waals surface area contributed by atoms with Crippen LogP contribution in [-0.2, 0) is 5.41 Å². The maximum atomic E-state index is 5.58. The predicted molar refractivity (Wildman–Crippen MR) is 59.4 cm³/mol. The summed E-state index contributed by atoms with van der Waals surface area (Å²) in [5.74, 6) is 2.63. The van der Waals surface area contributed by atoms with Gasteiger partial charge in [-0.25, -0.2) is 4.98 Å². The molecule has 3 saturated carbocycles. The molecule has 3 heteroatoms. The highest BCUT2D eigenvalue weighted by molar-refractivity contribution is 5.85. The van der Waals surface area contributed by atoms with Crippen molar-refractivity contribution < 1.29 is 4.42 Å². The van der Waals surface area contributed by atoms with E-state index in [2.05, 4.69) is 0 Å². The van der Waals surface area contributed by atoms with Crippen LogP contribution in [0.2, 0.25) is 0 Å². The second-order valence-electron chi connectivity index (χ2n) is 5.29. The number of hydrogen-bond acceptors (Lipinski definition) is 2. The van der Waals surface area contributed by atoms with E-state index in [-0.39, 0.29) is 12.4 Å². The predicted octanol–water partition coefficient (Wildman–Crippen LogP) is 3.42. The summed E-state index contributed by atoms with van der Waals surface area (Å²) < 4.78 is 5.58. The fraction of sp³-hybridized carbons (Fsp3) is 0.750. The molecule has 0 N–H and O–H groups in total. The lowest BCUT2D eigenvalue weighted by atomic mass is 10.0. The maximum absolute atomic E-state index is 5.58. The minimum atomic E-state index is 0. The van der Waals surface area contributed by atoms with Gasteiger partial charge in [0.25, 0.3) is 0 Å². The van der Waals surface area contributed by atoms with Gasteiger partial charge in [-0.05, 0) is 38.0 Å². The van der Waals surface area contributed by atoms with E-state index in [9.17, 15) is 0 Å². The van der Waals surface area contributed by atoms with Gasteiger partial charge in [-0.3, -0.25) is 0 Å². The van der Waals surface area contributed by atoms with Gasteiger partial charge in [-0.2, -0.15) is 0 Å². The molecule has 15 heavy (non-hydrogen) atoms. The molecule has 3 aliphatic rings. The molecule has 3 aliphatic carbocycles. The van der Waals surface area contributed by atoms with Crippen molar-refractivity contribution in [2.75, 3.05) is 0 Å². The van der Waals surface area contributed by atoms with Gasteiger partial charge in [0.2, 0.25) is 0 Å². The number of nitrogens with zero attached hydrogens (tertiary/aromatic N) is 1. The molecule has 3 fully saturated rings. The fourth-order valence-corrected chi connectivity index (χ4v) is 3.21. The van der Waals surface area contributed by atoms with Crippen LogP contribution in [0.4, 0.5) is 0 Å². The smallest absolute Gasteiger partial charge is 0.197 e. The van der Waals surface area contributed by atoms with Crippen LogP contribution in [0.15, 0.2) is 10.7 Å². The minimum Gasteiger partial charge on any atom is -0.448 e. The molecule has 0 amide bonds. The van der Waals surface area contributed by atoms with Crippen molar-refractivity contribution >= 4 is 12.4 Å². The summed E-state index contributed by atoms with van der Waals surface area (Å²) in [5, 5.41) is 0. The van der Waals surface area contributed by atoms with E-state index in [1.54, 1.807) is 0 Å². The first kappa shape index (κ1) is 9.71. The Balaban J connectivity index is 0.000000722. The van der Waals surface area contributed by atoms with Crippen molar-refractivity contribution in [3.8, 4) is 0 Å². The van der Waals surface area contributed by atoms with E-state index >= 15 is 0 Å². The second kappa shape index (κ2) is 3.00. The van der Waals surface area contributed by atoms with E-state index < -0.39 is 0 Å². The zero-order valence-corrected chi connectivity index (χ0v) is 9.55. The van der Waals surface area contributed by atoms with Gasteiger partial charge >= 0.3 is 0 Å². The summed E-state index contributed by atoms with van der Waals surface area (Å²) in [5.41, 5.74) is 1.76. The molecule has 82 valence electrons. The van der Waals surface area contributed by atoms with Crippen molar-refractivity contribution in [3.63, 3.8) is 0 Å². The Hall–Kier alpha value is -0.500. The lowest BCUT2D eigenvalue weighted by Crippen LogP contribution is -2.05. The summed E-state index contributed by atoms with van der Waals surface area (Å²) in [6.45, 7) is 0. The Morgan fingerprint density at radius 1 is 1.33 bits per heavy atom. The van der Waals surface area contributed by atoms with Crippen LogP contribution >= 0.6 is 12.4 Å². The number of halogens is 1. The van der Waals surface area contributed by atoms with Crippen LogP contribution in [0.1, 0.15) is 56.0 Å². The molecule has 0 radical (unpaired) electrons. The van der Waals surface area contributed by atoms with Crippen LogP contribution in [-0.4, -0.2) is 4.98 Å². The van der Waals surface area contributed by atoms with Crippen LogP contribution in [0.3, 0.4) is 0 Å². The first-order valence-electron chi connectivity index (χ1n) is 5.84. The maximum Gasteiger partial charge on any atom is 0.197 e. The summed E-state index contributed by atoms with van der Waals surface area (Å²) in [7, 11) is 0. The van der Waals surface area contributed by atoms with Gasteiger partial charge in [-0.15, -0.1) is 12.4 Å². The highest BCUT2D eigenvalue weighted by Crippen LogP contribution is 2.64. The topological polar surface area (TPSA) is 26.0 Å². The number of aromatic nitrogens is 1. The van der Waals surface area contributed by atoms with Crippen molar-refractivity contribution in [1.82, 2.24) is 4.98 Å². The van der Waals surface area contributed by atoms with E-state index in [1.807, 2.05) is 6.26 Å². The van der Waals surface area contributed by atoms with Crippen LogP contribution in [0, 0.1) is 5.92 Å². The average molecular weight is 226 g/mol. The molecule has 0 aliphatic heterocycles. The van der Waals surface area contributed by atoms with Crippen molar-refractivity contribution in [1.29, 1.82) is 0 Å². The van der Waals surface area contributed by atoms with Crippen LogP contribution in [0.5, 0.6) is 0 Å². The van der Waals surface area contributed by atoms with E-state index in [1.165, 1.54) is 44.2 Å². The second-order valence-corrected chi connectivity index (χ2v) is 5.29. The zero-order chi connectivity index (χ0) is 9.17. The van der Waals surface area contributed by atoms with Crippen LogP contribution in [0.25, 0.3) is 0 Å². The monoisotopic (exact) mass is 225 g/mol. The zero-order valence-electron chi connectivity index (χ0n) is 8.74. The third-order valence-corrected chi connectivity index (χ3v) is 4.37. The molecular weight excluding hydrogens is 210 g/mol. The lowest BCUT2D eigenvalue weighted by molar-refractivity contribution is 0.495. The summed E-state index contributed by atoms with van der Waals surface area (Å²) in [6, 6.07) is 0.